The molecular formula is C16H19N3O. The number of aromatic nitrogens is 1. The van der Waals surface area contributed by atoms with Crippen molar-refractivity contribution in [3.05, 3.63) is 53.9 Å². The first-order valence-electron chi connectivity index (χ1n) is 6.91. The average Bonchev–Trinajstić information content (AvgIpc) is 2.49. The third-order valence-corrected chi connectivity index (χ3v) is 3.92. The Morgan fingerprint density at radius 2 is 2.15 bits per heavy atom. The molecule has 0 aliphatic carbocycles. The summed E-state index contributed by atoms with van der Waals surface area (Å²) in [6.07, 6.45) is 5.19. The van der Waals surface area contributed by atoms with Gasteiger partial charge in [0.2, 0.25) is 0 Å². The second-order valence-corrected chi connectivity index (χ2v) is 5.22. The molecule has 0 spiro atoms. The van der Waals surface area contributed by atoms with E-state index in [1.807, 2.05) is 24.3 Å². The van der Waals surface area contributed by atoms with E-state index in [-0.39, 0.29) is 6.04 Å². The number of nitrogen functional groups attached to an aromatic ring is 1. The topological polar surface area (TPSA) is 74.2 Å². The van der Waals surface area contributed by atoms with Crippen LogP contribution in [-0.4, -0.2) is 17.6 Å². The van der Waals surface area contributed by atoms with Gasteiger partial charge in [0.05, 0.1) is 6.61 Å². The molecule has 1 aromatic carbocycles. The summed E-state index contributed by atoms with van der Waals surface area (Å²) in [5, 5.41) is 0. The van der Waals surface area contributed by atoms with Crippen LogP contribution in [0, 0.1) is 0 Å². The second-order valence-electron chi connectivity index (χ2n) is 5.22. The lowest BCUT2D eigenvalue weighted by molar-refractivity contribution is 0.254. The summed E-state index contributed by atoms with van der Waals surface area (Å²) in [4.78, 5) is 4.13. The van der Waals surface area contributed by atoms with Crippen molar-refractivity contribution in [3.63, 3.8) is 0 Å². The van der Waals surface area contributed by atoms with Gasteiger partial charge < -0.3 is 16.2 Å². The lowest BCUT2D eigenvalue weighted by atomic mass is 9.84. The van der Waals surface area contributed by atoms with Crippen LogP contribution in [-0.2, 0) is 6.42 Å². The molecular weight excluding hydrogens is 250 g/mol. The molecule has 4 heteroatoms. The van der Waals surface area contributed by atoms with E-state index in [4.69, 9.17) is 16.2 Å². The molecule has 1 aliphatic heterocycles. The summed E-state index contributed by atoms with van der Waals surface area (Å²) in [6, 6.07) is 9.97. The number of hydrogen-bond donors (Lipinski definition) is 2. The maximum atomic E-state index is 6.43. The fourth-order valence-electron chi connectivity index (χ4n) is 2.82. The first kappa shape index (κ1) is 12.9. The van der Waals surface area contributed by atoms with Gasteiger partial charge >= 0.3 is 0 Å². The van der Waals surface area contributed by atoms with Crippen LogP contribution in [0.15, 0.2) is 42.7 Å². The van der Waals surface area contributed by atoms with E-state index >= 15 is 0 Å². The molecule has 2 aromatic rings. The number of ether oxygens (including phenoxy) is 1. The fraction of sp³-hybridized carbons (Fsp3) is 0.312. The molecule has 0 fully saturated rings. The maximum absolute atomic E-state index is 6.43. The van der Waals surface area contributed by atoms with E-state index in [2.05, 4.69) is 11.1 Å². The number of para-hydroxylation sites is 1. The number of benzene rings is 1. The summed E-state index contributed by atoms with van der Waals surface area (Å²) in [5.41, 5.74) is 15.4. The summed E-state index contributed by atoms with van der Waals surface area (Å²) in [7, 11) is 0. The van der Waals surface area contributed by atoms with Gasteiger partial charge in [-0.1, -0.05) is 18.2 Å². The zero-order valence-corrected chi connectivity index (χ0v) is 11.3. The Kier molecular flexibility index (Phi) is 3.56. The Hall–Kier alpha value is -2.07. The standard InChI is InChI=1S/C16H19N3O/c17-14-5-7-19-10-11(14)9-15(18)12-6-8-20-16-4-2-1-3-13(12)16/h1-5,7,10,12,15H,6,8-9,18H2,(H2,17,19). The zero-order chi connectivity index (χ0) is 13.9. The Labute approximate surface area is 118 Å². The summed E-state index contributed by atoms with van der Waals surface area (Å²) < 4.78 is 5.69. The third kappa shape index (κ3) is 2.47. The van der Waals surface area contributed by atoms with Crippen LogP contribution >= 0.6 is 0 Å². The molecule has 0 saturated carbocycles. The smallest absolute Gasteiger partial charge is 0.122 e. The third-order valence-electron chi connectivity index (χ3n) is 3.92. The zero-order valence-electron chi connectivity index (χ0n) is 11.3. The van der Waals surface area contributed by atoms with E-state index < -0.39 is 0 Å². The van der Waals surface area contributed by atoms with Crippen LogP contribution in [0.3, 0.4) is 0 Å². The van der Waals surface area contributed by atoms with Crippen LogP contribution in [0.5, 0.6) is 5.75 Å². The Bertz CT molecular complexity index is 600. The normalized spacial score (nSPS) is 18.9. The highest BCUT2D eigenvalue weighted by Gasteiger charge is 2.26. The van der Waals surface area contributed by atoms with Crippen molar-refractivity contribution < 1.29 is 4.74 Å². The van der Waals surface area contributed by atoms with Crippen LogP contribution < -0.4 is 16.2 Å². The van der Waals surface area contributed by atoms with Crippen LogP contribution in [0.2, 0.25) is 0 Å². The van der Waals surface area contributed by atoms with Crippen molar-refractivity contribution >= 4 is 5.69 Å². The molecule has 2 atom stereocenters. The Morgan fingerprint density at radius 3 is 3.00 bits per heavy atom. The fourth-order valence-corrected chi connectivity index (χ4v) is 2.82. The highest BCUT2D eigenvalue weighted by molar-refractivity contribution is 5.45. The van der Waals surface area contributed by atoms with Crippen LogP contribution in [0.1, 0.15) is 23.5 Å². The van der Waals surface area contributed by atoms with E-state index in [0.29, 0.717) is 5.92 Å². The van der Waals surface area contributed by atoms with Gasteiger partial charge in [-0.2, -0.15) is 0 Å². The van der Waals surface area contributed by atoms with Crippen molar-refractivity contribution in [2.45, 2.75) is 24.8 Å². The first-order valence-corrected chi connectivity index (χ1v) is 6.91. The number of fused-ring (bicyclic) bond motifs is 1. The van der Waals surface area contributed by atoms with Crippen LogP contribution in [0.4, 0.5) is 5.69 Å². The largest absolute Gasteiger partial charge is 0.493 e. The lowest BCUT2D eigenvalue weighted by Gasteiger charge is -2.30. The van der Waals surface area contributed by atoms with E-state index in [9.17, 15) is 0 Å². The summed E-state index contributed by atoms with van der Waals surface area (Å²) >= 11 is 0. The van der Waals surface area contributed by atoms with Crippen molar-refractivity contribution in [1.82, 2.24) is 4.98 Å². The summed E-state index contributed by atoms with van der Waals surface area (Å²) in [5.74, 6) is 1.26. The number of rotatable bonds is 3. The molecule has 4 N–H and O–H groups in total. The molecule has 2 heterocycles. The molecule has 0 saturated heterocycles. The van der Waals surface area contributed by atoms with Gasteiger partial charge in [0.15, 0.2) is 0 Å². The molecule has 20 heavy (non-hydrogen) atoms. The van der Waals surface area contributed by atoms with Gasteiger partial charge in [0.25, 0.3) is 0 Å². The van der Waals surface area contributed by atoms with E-state index in [1.165, 1.54) is 5.56 Å². The number of hydrogen-bond acceptors (Lipinski definition) is 4. The molecule has 0 amide bonds. The molecule has 0 bridgehead atoms. The number of pyridine rings is 1. The van der Waals surface area contributed by atoms with Crippen LogP contribution in [0.25, 0.3) is 0 Å². The molecule has 104 valence electrons. The molecule has 3 rings (SSSR count). The molecule has 4 nitrogen and oxygen atoms in total. The molecule has 0 radical (unpaired) electrons. The van der Waals surface area contributed by atoms with Gasteiger partial charge in [-0.3, -0.25) is 4.98 Å². The average molecular weight is 269 g/mol. The Morgan fingerprint density at radius 1 is 1.30 bits per heavy atom. The predicted molar refractivity (Wildman–Crippen MR) is 79.6 cm³/mol. The van der Waals surface area contributed by atoms with Gasteiger partial charge in [-0.15, -0.1) is 0 Å². The minimum absolute atomic E-state index is 0.0200. The number of nitrogens with zero attached hydrogens (tertiary/aromatic N) is 1. The number of anilines is 1. The molecule has 1 aromatic heterocycles. The second kappa shape index (κ2) is 5.51. The Balaban J connectivity index is 1.82. The lowest BCUT2D eigenvalue weighted by Crippen LogP contribution is -2.34. The van der Waals surface area contributed by atoms with E-state index in [0.717, 1.165) is 36.4 Å². The summed E-state index contributed by atoms with van der Waals surface area (Å²) in [6.45, 7) is 0.720. The van der Waals surface area contributed by atoms with Gasteiger partial charge in [0.1, 0.15) is 5.75 Å². The monoisotopic (exact) mass is 269 g/mol. The quantitative estimate of drug-likeness (QED) is 0.895. The number of nitrogens with two attached hydrogens (primary N) is 2. The van der Waals surface area contributed by atoms with Gasteiger partial charge in [0, 0.05) is 30.0 Å². The molecule has 2 unspecified atom stereocenters. The van der Waals surface area contributed by atoms with Gasteiger partial charge in [-0.05, 0) is 36.1 Å². The van der Waals surface area contributed by atoms with Crippen molar-refractivity contribution in [1.29, 1.82) is 0 Å². The van der Waals surface area contributed by atoms with Crippen molar-refractivity contribution in [3.8, 4) is 5.75 Å². The minimum Gasteiger partial charge on any atom is -0.493 e. The first-order chi connectivity index (χ1) is 9.75. The SMILES string of the molecule is Nc1ccncc1CC(N)C1CCOc2ccccc21. The molecule has 1 aliphatic rings. The minimum atomic E-state index is 0.0200. The van der Waals surface area contributed by atoms with Crippen molar-refractivity contribution in [2.75, 3.05) is 12.3 Å². The maximum Gasteiger partial charge on any atom is 0.122 e. The highest BCUT2D eigenvalue weighted by atomic mass is 16.5. The van der Waals surface area contributed by atoms with Crippen molar-refractivity contribution in [2.24, 2.45) is 5.73 Å². The predicted octanol–water partition coefficient (Wildman–Crippen LogP) is 2.10. The van der Waals surface area contributed by atoms with Gasteiger partial charge in [-0.25, -0.2) is 0 Å². The highest BCUT2D eigenvalue weighted by Crippen LogP contribution is 2.35. The van der Waals surface area contributed by atoms with E-state index in [1.54, 1.807) is 12.4 Å².